The Kier molecular flexibility index (Phi) is 5.31. The van der Waals surface area contributed by atoms with Crippen LogP contribution in [0.1, 0.15) is 15.2 Å². The summed E-state index contributed by atoms with van der Waals surface area (Å²) in [6.07, 6.45) is 0. The van der Waals surface area contributed by atoms with Gasteiger partial charge in [0.1, 0.15) is 0 Å². The fraction of sp³-hybridized carbons (Fsp3) is 0.0556. The van der Waals surface area contributed by atoms with Gasteiger partial charge in [-0.3, -0.25) is 9.52 Å². The summed E-state index contributed by atoms with van der Waals surface area (Å²) in [6.45, 7) is 1.89. The number of anilines is 2. The highest BCUT2D eigenvalue weighted by Crippen LogP contribution is 2.23. The minimum absolute atomic E-state index is 0.190. The molecule has 2 N–H and O–H groups in total. The lowest BCUT2D eigenvalue weighted by Gasteiger charge is -2.09. The van der Waals surface area contributed by atoms with Crippen molar-refractivity contribution >= 4 is 50.2 Å². The second-order valence-electron chi connectivity index (χ2n) is 5.55. The molecule has 0 atom stereocenters. The Bertz CT molecular complexity index is 1030. The molecule has 0 fully saturated rings. The number of benzene rings is 2. The minimum Gasteiger partial charge on any atom is -0.321 e. The highest BCUT2D eigenvalue weighted by atomic mass is 35.5. The van der Waals surface area contributed by atoms with E-state index in [0.29, 0.717) is 20.6 Å². The summed E-state index contributed by atoms with van der Waals surface area (Å²) >= 11 is 7.01. The Labute approximate surface area is 160 Å². The number of carbonyl (C=O) groups excluding carboxylic acids is 1. The van der Waals surface area contributed by atoms with E-state index in [4.69, 9.17) is 11.6 Å². The van der Waals surface area contributed by atoms with Gasteiger partial charge in [0.15, 0.2) is 0 Å². The molecule has 5 nitrogen and oxygen atoms in total. The van der Waals surface area contributed by atoms with E-state index >= 15 is 0 Å². The molecule has 3 aromatic rings. The van der Waals surface area contributed by atoms with Gasteiger partial charge < -0.3 is 5.32 Å². The van der Waals surface area contributed by atoms with E-state index in [1.54, 1.807) is 60.7 Å². The molecule has 0 aliphatic carbocycles. The molecular formula is C18H15ClN2O3S2. The fourth-order valence-corrected chi connectivity index (χ4v) is 4.18. The molecule has 0 unspecified atom stereocenters. The Morgan fingerprint density at radius 1 is 0.923 bits per heavy atom. The predicted molar refractivity (Wildman–Crippen MR) is 106 cm³/mol. The van der Waals surface area contributed by atoms with Crippen molar-refractivity contribution < 1.29 is 13.2 Å². The maximum atomic E-state index is 12.4. The van der Waals surface area contributed by atoms with Crippen molar-refractivity contribution in [2.24, 2.45) is 0 Å². The summed E-state index contributed by atoms with van der Waals surface area (Å²) in [5.74, 6) is -0.269. The maximum Gasteiger partial charge on any atom is 0.265 e. The van der Waals surface area contributed by atoms with Crippen LogP contribution in [0.3, 0.4) is 0 Å². The number of halogens is 1. The first-order chi connectivity index (χ1) is 12.3. The third kappa shape index (κ3) is 4.43. The minimum atomic E-state index is -3.66. The second-order valence-corrected chi connectivity index (χ2v) is 8.95. The number of carbonyl (C=O) groups is 1. The van der Waals surface area contributed by atoms with Crippen LogP contribution in [0.5, 0.6) is 0 Å². The van der Waals surface area contributed by atoms with Crippen molar-refractivity contribution in [1.29, 1.82) is 0 Å². The van der Waals surface area contributed by atoms with Gasteiger partial charge in [0.25, 0.3) is 15.9 Å². The Hall–Kier alpha value is -2.35. The Balaban J connectivity index is 1.69. The number of sulfonamides is 1. The zero-order valence-electron chi connectivity index (χ0n) is 13.7. The normalized spacial score (nSPS) is 11.2. The third-order valence-corrected chi connectivity index (χ3v) is 6.15. The molecule has 0 radical (unpaired) electrons. The summed E-state index contributed by atoms with van der Waals surface area (Å²) in [6, 6.07) is 16.3. The van der Waals surface area contributed by atoms with E-state index in [1.165, 1.54) is 11.3 Å². The van der Waals surface area contributed by atoms with E-state index in [1.807, 2.05) is 6.92 Å². The molecule has 26 heavy (non-hydrogen) atoms. The van der Waals surface area contributed by atoms with Gasteiger partial charge in [-0.1, -0.05) is 29.3 Å². The molecule has 1 amide bonds. The van der Waals surface area contributed by atoms with Crippen molar-refractivity contribution in [2.45, 2.75) is 11.8 Å². The SMILES string of the molecule is Cc1ccc(S(=O)(=O)Nc2ccc(NC(=O)c3ccc(Cl)s3)cc2)cc1. The Morgan fingerprint density at radius 2 is 1.54 bits per heavy atom. The summed E-state index contributed by atoms with van der Waals surface area (Å²) in [5, 5.41) is 2.74. The topological polar surface area (TPSA) is 75.3 Å². The van der Waals surface area contributed by atoms with Gasteiger partial charge in [-0.25, -0.2) is 8.42 Å². The summed E-state index contributed by atoms with van der Waals surface area (Å²) < 4.78 is 27.8. The van der Waals surface area contributed by atoms with Crippen molar-refractivity contribution in [3.63, 3.8) is 0 Å². The van der Waals surface area contributed by atoms with Gasteiger partial charge in [0.2, 0.25) is 0 Å². The molecule has 0 saturated carbocycles. The Morgan fingerprint density at radius 3 is 2.12 bits per heavy atom. The van der Waals surface area contributed by atoms with Crippen molar-refractivity contribution in [2.75, 3.05) is 10.0 Å². The highest BCUT2D eigenvalue weighted by Gasteiger charge is 2.14. The molecule has 0 saturated heterocycles. The molecule has 1 aromatic heterocycles. The molecule has 0 bridgehead atoms. The van der Waals surface area contributed by atoms with Crippen molar-refractivity contribution in [3.05, 3.63) is 75.4 Å². The largest absolute Gasteiger partial charge is 0.321 e. The molecule has 0 aliphatic heterocycles. The molecular weight excluding hydrogens is 392 g/mol. The predicted octanol–water partition coefficient (Wildman–Crippen LogP) is 4.76. The lowest BCUT2D eigenvalue weighted by atomic mass is 10.2. The van der Waals surface area contributed by atoms with E-state index in [-0.39, 0.29) is 10.8 Å². The van der Waals surface area contributed by atoms with Crippen LogP contribution in [0.15, 0.2) is 65.6 Å². The van der Waals surface area contributed by atoms with Gasteiger partial charge in [0.05, 0.1) is 14.1 Å². The van der Waals surface area contributed by atoms with Crippen LogP contribution < -0.4 is 10.0 Å². The molecule has 2 aromatic carbocycles. The smallest absolute Gasteiger partial charge is 0.265 e. The molecule has 134 valence electrons. The first-order valence-electron chi connectivity index (χ1n) is 7.60. The summed E-state index contributed by atoms with van der Waals surface area (Å²) in [4.78, 5) is 12.8. The number of rotatable bonds is 5. The summed E-state index contributed by atoms with van der Waals surface area (Å²) in [7, 11) is -3.66. The summed E-state index contributed by atoms with van der Waals surface area (Å²) in [5.41, 5.74) is 1.94. The lowest BCUT2D eigenvalue weighted by Crippen LogP contribution is -2.13. The third-order valence-electron chi connectivity index (χ3n) is 3.52. The quantitative estimate of drug-likeness (QED) is 0.641. The highest BCUT2D eigenvalue weighted by molar-refractivity contribution is 7.92. The molecule has 1 heterocycles. The van der Waals surface area contributed by atoms with E-state index in [0.717, 1.165) is 5.56 Å². The second kappa shape index (κ2) is 7.49. The zero-order valence-corrected chi connectivity index (χ0v) is 16.1. The van der Waals surface area contributed by atoms with Crippen LogP contribution in [0.25, 0.3) is 0 Å². The average Bonchev–Trinajstić information content (AvgIpc) is 3.03. The maximum absolute atomic E-state index is 12.4. The van der Waals surface area contributed by atoms with Crippen LogP contribution in [-0.2, 0) is 10.0 Å². The molecule has 8 heteroatoms. The fourth-order valence-electron chi connectivity index (χ4n) is 2.18. The standard InChI is InChI=1S/C18H15ClN2O3S2/c1-12-2-8-15(9-3-12)26(23,24)21-14-6-4-13(5-7-14)20-18(22)16-10-11-17(19)25-16/h2-11,21H,1H3,(H,20,22). The number of thiophene rings is 1. The van der Waals surface area contributed by atoms with Crippen molar-refractivity contribution in [1.82, 2.24) is 0 Å². The van der Waals surface area contributed by atoms with Gasteiger partial charge in [-0.15, -0.1) is 11.3 Å². The molecule has 0 spiro atoms. The van der Waals surface area contributed by atoms with Crippen molar-refractivity contribution in [3.8, 4) is 0 Å². The number of hydrogen-bond donors (Lipinski definition) is 2. The molecule has 3 rings (SSSR count). The van der Waals surface area contributed by atoms with Crippen LogP contribution in [0, 0.1) is 6.92 Å². The van der Waals surface area contributed by atoms with Gasteiger partial charge >= 0.3 is 0 Å². The van der Waals surface area contributed by atoms with Gasteiger partial charge in [-0.2, -0.15) is 0 Å². The monoisotopic (exact) mass is 406 g/mol. The number of aryl methyl sites for hydroxylation is 1. The average molecular weight is 407 g/mol. The number of nitrogens with one attached hydrogen (secondary N) is 2. The van der Waals surface area contributed by atoms with Crippen LogP contribution in [0.2, 0.25) is 4.34 Å². The van der Waals surface area contributed by atoms with Gasteiger partial charge in [0, 0.05) is 11.4 Å². The van der Waals surface area contributed by atoms with Crippen LogP contribution >= 0.6 is 22.9 Å². The number of amides is 1. The first kappa shape index (κ1) is 18.4. The first-order valence-corrected chi connectivity index (χ1v) is 10.3. The van der Waals surface area contributed by atoms with Crippen LogP contribution in [-0.4, -0.2) is 14.3 Å². The van der Waals surface area contributed by atoms with Gasteiger partial charge in [-0.05, 0) is 55.5 Å². The number of hydrogen-bond acceptors (Lipinski definition) is 4. The van der Waals surface area contributed by atoms with Crippen LogP contribution in [0.4, 0.5) is 11.4 Å². The van der Waals surface area contributed by atoms with E-state index in [2.05, 4.69) is 10.0 Å². The van der Waals surface area contributed by atoms with E-state index < -0.39 is 10.0 Å². The zero-order chi connectivity index (χ0) is 18.7. The van der Waals surface area contributed by atoms with E-state index in [9.17, 15) is 13.2 Å². The molecule has 0 aliphatic rings. The lowest BCUT2D eigenvalue weighted by molar-refractivity contribution is 0.103.